The van der Waals surface area contributed by atoms with Gasteiger partial charge in [-0.2, -0.15) is 0 Å². The number of allylic oxidation sites excluding steroid dienone is 1. The average molecular weight is 294 g/mol. The monoisotopic (exact) mass is 294 g/mol. The molecule has 0 aliphatic rings. The van der Waals surface area contributed by atoms with Crippen LogP contribution in [0.15, 0.2) is 91.0 Å². The molecule has 0 bridgehead atoms. The van der Waals surface area contributed by atoms with Gasteiger partial charge in [-0.05, 0) is 34.8 Å². The Labute approximate surface area is 138 Å². The highest BCUT2D eigenvalue weighted by molar-refractivity contribution is 5.79. The average Bonchev–Trinajstić information content (AvgIpc) is 2.64. The fourth-order valence-corrected chi connectivity index (χ4v) is 2.69. The van der Waals surface area contributed by atoms with Crippen molar-refractivity contribution in [3.8, 4) is 12.3 Å². The van der Waals surface area contributed by atoms with Crippen molar-refractivity contribution in [2.45, 2.75) is 6.42 Å². The van der Waals surface area contributed by atoms with E-state index in [1.807, 2.05) is 30.3 Å². The molecule has 0 N–H and O–H groups in total. The Bertz CT molecular complexity index is 792. The second-order valence-corrected chi connectivity index (χ2v) is 5.36. The Morgan fingerprint density at radius 2 is 1.26 bits per heavy atom. The predicted molar refractivity (Wildman–Crippen MR) is 98.0 cm³/mol. The van der Waals surface area contributed by atoms with E-state index in [-0.39, 0.29) is 0 Å². The van der Waals surface area contributed by atoms with Crippen LogP contribution in [0.5, 0.6) is 0 Å². The Kier molecular flexibility index (Phi) is 4.72. The van der Waals surface area contributed by atoms with Crippen LogP contribution in [0.3, 0.4) is 0 Å². The van der Waals surface area contributed by atoms with E-state index in [4.69, 9.17) is 6.42 Å². The zero-order valence-corrected chi connectivity index (χ0v) is 12.9. The van der Waals surface area contributed by atoms with Crippen molar-refractivity contribution in [1.29, 1.82) is 0 Å². The first-order chi connectivity index (χ1) is 11.4. The molecule has 0 unspecified atom stereocenters. The van der Waals surface area contributed by atoms with Crippen LogP contribution in [0, 0.1) is 12.3 Å². The number of rotatable bonds is 4. The maximum absolute atomic E-state index is 5.61. The van der Waals surface area contributed by atoms with Gasteiger partial charge in [0.1, 0.15) is 0 Å². The van der Waals surface area contributed by atoms with Gasteiger partial charge in [0.2, 0.25) is 0 Å². The second-order valence-electron chi connectivity index (χ2n) is 5.36. The third-order valence-electron chi connectivity index (χ3n) is 3.87. The SMILES string of the molecule is C#Cc1ccccc1CC=C(c1ccccc1)c1ccccc1. The van der Waals surface area contributed by atoms with Crippen LogP contribution in [0.4, 0.5) is 0 Å². The number of terminal acetylenes is 1. The Morgan fingerprint density at radius 3 is 1.83 bits per heavy atom. The normalized spacial score (nSPS) is 9.87. The summed E-state index contributed by atoms with van der Waals surface area (Å²) >= 11 is 0. The van der Waals surface area contributed by atoms with Gasteiger partial charge in [-0.25, -0.2) is 0 Å². The molecule has 0 atom stereocenters. The maximum atomic E-state index is 5.61. The first-order valence-corrected chi connectivity index (χ1v) is 7.74. The van der Waals surface area contributed by atoms with Crippen LogP contribution < -0.4 is 0 Å². The Morgan fingerprint density at radius 1 is 0.739 bits per heavy atom. The Hall–Kier alpha value is -3.04. The predicted octanol–water partition coefficient (Wildman–Crippen LogP) is 5.34. The molecular weight excluding hydrogens is 276 g/mol. The zero-order chi connectivity index (χ0) is 15.9. The smallest absolute Gasteiger partial charge is 0.0277 e. The number of benzene rings is 3. The van der Waals surface area contributed by atoms with E-state index in [1.54, 1.807) is 0 Å². The van der Waals surface area contributed by atoms with Crippen LogP contribution in [-0.4, -0.2) is 0 Å². The van der Waals surface area contributed by atoms with Gasteiger partial charge >= 0.3 is 0 Å². The molecule has 0 spiro atoms. The zero-order valence-electron chi connectivity index (χ0n) is 12.9. The summed E-state index contributed by atoms with van der Waals surface area (Å²) in [6.07, 6.45) is 8.69. The molecule has 0 aliphatic carbocycles. The third-order valence-corrected chi connectivity index (χ3v) is 3.87. The maximum Gasteiger partial charge on any atom is 0.0277 e. The van der Waals surface area contributed by atoms with E-state index in [9.17, 15) is 0 Å². The molecule has 0 heteroatoms. The van der Waals surface area contributed by atoms with Crippen molar-refractivity contribution in [3.63, 3.8) is 0 Å². The first-order valence-electron chi connectivity index (χ1n) is 7.74. The minimum Gasteiger partial charge on any atom is -0.115 e. The molecule has 0 radical (unpaired) electrons. The fourth-order valence-electron chi connectivity index (χ4n) is 2.69. The second kappa shape index (κ2) is 7.29. The van der Waals surface area contributed by atoms with Crippen molar-refractivity contribution < 1.29 is 0 Å². The van der Waals surface area contributed by atoms with Crippen LogP contribution in [0.1, 0.15) is 22.3 Å². The highest BCUT2D eigenvalue weighted by Crippen LogP contribution is 2.24. The third kappa shape index (κ3) is 3.59. The van der Waals surface area contributed by atoms with Gasteiger partial charge in [-0.15, -0.1) is 6.42 Å². The molecule has 3 aromatic rings. The summed E-state index contributed by atoms with van der Waals surface area (Å²) in [5.41, 5.74) is 5.82. The van der Waals surface area contributed by atoms with E-state index in [0.717, 1.165) is 12.0 Å². The lowest BCUT2D eigenvalue weighted by atomic mass is 9.95. The largest absolute Gasteiger partial charge is 0.115 e. The van der Waals surface area contributed by atoms with Gasteiger partial charge in [0, 0.05) is 5.56 Å². The van der Waals surface area contributed by atoms with Crippen molar-refractivity contribution >= 4 is 5.57 Å². The van der Waals surface area contributed by atoms with Gasteiger partial charge in [-0.1, -0.05) is 90.9 Å². The van der Waals surface area contributed by atoms with Crippen LogP contribution >= 0.6 is 0 Å². The number of hydrogen-bond acceptors (Lipinski definition) is 0. The summed E-state index contributed by atoms with van der Waals surface area (Å²) in [5, 5.41) is 0. The minimum atomic E-state index is 0.819. The summed E-state index contributed by atoms with van der Waals surface area (Å²) in [6, 6.07) is 29.1. The van der Waals surface area contributed by atoms with E-state index < -0.39 is 0 Å². The van der Waals surface area contributed by atoms with Crippen molar-refractivity contribution in [2.75, 3.05) is 0 Å². The van der Waals surface area contributed by atoms with Gasteiger partial charge in [-0.3, -0.25) is 0 Å². The molecule has 0 aliphatic heterocycles. The van der Waals surface area contributed by atoms with Crippen LogP contribution in [-0.2, 0) is 6.42 Å². The van der Waals surface area contributed by atoms with Gasteiger partial charge in [0.25, 0.3) is 0 Å². The molecule has 23 heavy (non-hydrogen) atoms. The lowest BCUT2D eigenvalue weighted by Crippen LogP contribution is -1.92. The molecule has 0 aromatic heterocycles. The lowest BCUT2D eigenvalue weighted by molar-refractivity contribution is 1.25. The Balaban J connectivity index is 2.01. The summed E-state index contributed by atoms with van der Waals surface area (Å²) in [5.74, 6) is 2.77. The van der Waals surface area contributed by atoms with E-state index >= 15 is 0 Å². The highest BCUT2D eigenvalue weighted by atomic mass is 14.1. The van der Waals surface area contributed by atoms with E-state index in [1.165, 1.54) is 22.3 Å². The topological polar surface area (TPSA) is 0 Å². The van der Waals surface area contributed by atoms with Crippen molar-refractivity contribution in [3.05, 3.63) is 113 Å². The first kappa shape index (κ1) is 14.9. The quantitative estimate of drug-likeness (QED) is 0.570. The van der Waals surface area contributed by atoms with Crippen molar-refractivity contribution in [1.82, 2.24) is 0 Å². The van der Waals surface area contributed by atoms with E-state index in [2.05, 4.69) is 66.6 Å². The fraction of sp³-hybridized carbons (Fsp3) is 0.0435. The van der Waals surface area contributed by atoms with Gasteiger partial charge in [0.15, 0.2) is 0 Å². The highest BCUT2D eigenvalue weighted by Gasteiger charge is 2.05. The lowest BCUT2D eigenvalue weighted by Gasteiger charge is -2.09. The molecule has 0 nitrogen and oxygen atoms in total. The number of hydrogen-bond donors (Lipinski definition) is 0. The molecule has 3 aromatic carbocycles. The standard InChI is InChI=1S/C23H18/c1-2-19-11-9-10-12-20(19)17-18-23(21-13-5-3-6-14-21)22-15-7-4-8-16-22/h1,3-16,18H,17H2. The molecule has 0 fully saturated rings. The summed E-state index contributed by atoms with van der Waals surface area (Å²) in [6.45, 7) is 0. The summed E-state index contributed by atoms with van der Waals surface area (Å²) in [7, 11) is 0. The van der Waals surface area contributed by atoms with E-state index in [0.29, 0.717) is 0 Å². The van der Waals surface area contributed by atoms with Gasteiger partial charge in [0.05, 0.1) is 0 Å². The molecule has 3 rings (SSSR count). The molecule has 110 valence electrons. The molecule has 0 saturated heterocycles. The van der Waals surface area contributed by atoms with Crippen LogP contribution in [0.2, 0.25) is 0 Å². The molecule has 0 saturated carbocycles. The summed E-state index contributed by atoms with van der Waals surface area (Å²) < 4.78 is 0. The molecule has 0 amide bonds. The molecule has 0 heterocycles. The summed E-state index contributed by atoms with van der Waals surface area (Å²) in [4.78, 5) is 0. The van der Waals surface area contributed by atoms with Gasteiger partial charge < -0.3 is 0 Å². The van der Waals surface area contributed by atoms with Crippen molar-refractivity contribution in [2.24, 2.45) is 0 Å². The minimum absolute atomic E-state index is 0.819. The van der Waals surface area contributed by atoms with Crippen LogP contribution in [0.25, 0.3) is 5.57 Å². The molecular formula is C23H18.